The van der Waals surface area contributed by atoms with Gasteiger partial charge in [0.15, 0.2) is 16.7 Å². The van der Waals surface area contributed by atoms with E-state index in [2.05, 4.69) is 10.3 Å². The molecule has 25 heavy (non-hydrogen) atoms. The van der Waals surface area contributed by atoms with Crippen LogP contribution in [0.4, 0.5) is 5.69 Å². The number of carbonyl (C=O) groups excluding carboxylic acids is 1. The van der Waals surface area contributed by atoms with Gasteiger partial charge in [-0.1, -0.05) is 18.2 Å². The number of fused-ring (bicyclic) bond motifs is 1. The number of aryl methyl sites for hydroxylation is 2. The van der Waals surface area contributed by atoms with Gasteiger partial charge in [0.25, 0.3) is 5.91 Å². The quantitative estimate of drug-likeness (QED) is 0.832. The lowest BCUT2D eigenvalue weighted by atomic mass is 10.1. The molecule has 2 heterocycles. The summed E-state index contributed by atoms with van der Waals surface area (Å²) in [7, 11) is 0. The molecule has 1 amide bonds. The van der Waals surface area contributed by atoms with Crippen LogP contribution < -0.4 is 14.8 Å². The molecule has 2 aliphatic rings. The van der Waals surface area contributed by atoms with Crippen molar-refractivity contribution >= 4 is 34.6 Å². The molecule has 2 aromatic carbocycles. The Kier molecular flexibility index (Phi) is 3.97. The summed E-state index contributed by atoms with van der Waals surface area (Å²) in [5.41, 5.74) is 3.96. The number of amidine groups is 1. The minimum absolute atomic E-state index is 0.147. The van der Waals surface area contributed by atoms with Gasteiger partial charge in [-0.2, -0.15) is 0 Å². The molecule has 4 rings (SSSR count). The first-order chi connectivity index (χ1) is 12.1. The second-order valence-corrected chi connectivity index (χ2v) is 6.92. The normalized spacial score (nSPS) is 18.9. The van der Waals surface area contributed by atoms with Crippen molar-refractivity contribution < 1.29 is 14.3 Å². The van der Waals surface area contributed by atoms with Crippen LogP contribution in [0.3, 0.4) is 0 Å². The molecule has 0 bridgehead atoms. The topological polar surface area (TPSA) is 59.9 Å². The highest BCUT2D eigenvalue weighted by Gasteiger charge is 2.24. The molecule has 0 atom stereocenters. The largest absolute Gasteiger partial charge is 0.454 e. The number of benzene rings is 2. The van der Waals surface area contributed by atoms with Crippen molar-refractivity contribution in [2.24, 2.45) is 4.99 Å². The third-order valence-electron chi connectivity index (χ3n) is 3.93. The molecular weight excluding hydrogens is 336 g/mol. The summed E-state index contributed by atoms with van der Waals surface area (Å²) in [6, 6.07) is 11.7. The van der Waals surface area contributed by atoms with E-state index in [4.69, 9.17) is 9.47 Å². The van der Waals surface area contributed by atoms with E-state index in [1.807, 2.05) is 56.3 Å². The fourth-order valence-corrected chi connectivity index (χ4v) is 3.42. The molecule has 0 spiro atoms. The first-order valence-electron chi connectivity index (χ1n) is 7.85. The van der Waals surface area contributed by atoms with Crippen molar-refractivity contribution in [2.45, 2.75) is 13.8 Å². The summed E-state index contributed by atoms with van der Waals surface area (Å²) in [6.07, 6.45) is 1.83. The number of nitrogens with zero attached hydrogens (tertiary/aromatic N) is 1. The Bertz CT molecular complexity index is 934. The Morgan fingerprint density at radius 1 is 1.12 bits per heavy atom. The van der Waals surface area contributed by atoms with Crippen LogP contribution in [-0.4, -0.2) is 17.9 Å². The predicted octanol–water partition coefficient (Wildman–Crippen LogP) is 3.92. The summed E-state index contributed by atoms with van der Waals surface area (Å²) < 4.78 is 10.7. The van der Waals surface area contributed by atoms with Crippen molar-refractivity contribution in [1.82, 2.24) is 5.32 Å². The van der Waals surface area contributed by atoms with Crippen molar-refractivity contribution in [2.75, 3.05) is 6.79 Å². The van der Waals surface area contributed by atoms with E-state index in [-0.39, 0.29) is 12.7 Å². The Hall–Kier alpha value is -2.73. The minimum Gasteiger partial charge on any atom is -0.454 e. The van der Waals surface area contributed by atoms with Gasteiger partial charge in [0.1, 0.15) is 0 Å². The van der Waals surface area contributed by atoms with E-state index in [1.165, 1.54) is 11.8 Å². The molecule has 2 aliphatic heterocycles. The summed E-state index contributed by atoms with van der Waals surface area (Å²) in [6.45, 7) is 4.26. The number of ether oxygens (including phenoxy) is 2. The highest BCUT2D eigenvalue weighted by molar-refractivity contribution is 8.18. The number of rotatable bonds is 2. The third-order valence-corrected chi connectivity index (χ3v) is 4.84. The molecule has 2 aromatic rings. The fourth-order valence-electron chi connectivity index (χ4n) is 2.58. The van der Waals surface area contributed by atoms with E-state index in [0.29, 0.717) is 15.8 Å². The number of thioether (sulfide) groups is 1. The summed E-state index contributed by atoms with van der Waals surface area (Å²) in [4.78, 5) is 17.4. The van der Waals surface area contributed by atoms with Gasteiger partial charge >= 0.3 is 0 Å². The van der Waals surface area contributed by atoms with E-state index in [1.54, 1.807) is 0 Å². The number of carbonyl (C=O) groups is 1. The van der Waals surface area contributed by atoms with E-state index >= 15 is 0 Å². The average molecular weight is 352 g/mol. The molecule has 1 N–H and O–H groups in total. The van der Waals surface area contributed by atoms with Crippen molar-refractivity contribution in [1.29, 1.82) is 0 Å². The highest BCUT2D eigenvalue weighted by Crippen LogP contribution is 2.35. The molecule has 0 unspecified atom stereocenters. The van der Waals surface area contributed by atoms with Crippen LogP contribution in [0.2, 0.25) is 0 Å². The second kappa shape index (κ2) is 6.29. The Balaban J connectivity index is 1.60. The summed E-state index contributed by atoms with van der Waals surface area (Å²) >= 11 is 1.33. The first kappa shape index (κ1) is 15.8. The van der Waals surface area contributed by atoms with Crippen LogP contribution in [0.5, 0.6) is 11.5 Å². The Morgan fingerprint density at radius 2 is 1.96 bits per heavy atom. The molecule has 5 nitrogen and oxygen atoms in total. The lowest BCUT2D eigenvalue weighted by Gasteiger charge is -2.02. The number of nitrogens with one attached hydrogen (secondary N) is 1. The average Bonchev–Trinajstić information content (AvgIpc) is 3.17. The van der Waals surface area contributed by atoms with Gasteiger partial charge in [0.05, 0.1) is 10.6 Å². The standard InChI is InChI=1S/C19H16N2O3S/c1-11-3-4-12(2)14(7-11)20-19-21-18(22)17(25-19)9-13-5-6-15-16(8-13)24-10-23-15/h3-9H,10H2,1-2H3,(H,20,21,22). The van der Waals surface area contributed by atoms with Gasteiger partial charge in [0.2, 0.25) is 6.79 Å². The molecular formula is C19H16N2O3S. The second-order valence-electron chi connectivity index (χ2n) is 5.88. The van der Waals surface area contributed by atoms with E-state index < -0.39 is 0 Å². The summed E-state index contributed by atoms with van der Waals surface area (Å²) in [5.74, 6) is 1.27. The first-order valence-corrected chi connectivity index (χ1v) is 8.67. The minimum atomic E-state index is -0.147. The van der Waals surface area contributed by atoms with Gasteiger partial charge in [0, 0.05) is 0 Å². The van der Waals surface area contributed by atoms with Crippen LogP contribution >= 0.6 is 11.8 Å². The van der Waals surface area contributed by atoms with Gasteiger partial charge in [-0.15, -0.1) is 0 Å². The van der Waals surface area contributed by atoms with Crippen LogP contribution in [0.25, 0.3) is 6.08 Å². The zero-order valence-corrected chi connectivity index (χ0v) is 14.6. The van der Waals surface area contributed by atoms with E-state index in [0.717, 1.165) is 28.1 Å². The zero-order chi connectivity index (χ0) is 17.4. The number of amides is 1. The molecule has 0 aromatic heterocycles. The third kappa shape index (κ3) is 3.25. The van der Waals surface area contributed by atoms with Crippen molar-refractivity contribution in [3.8, 4) is 11.5 Å². The van der Waals surface area contributed by atoms with Crippen LogP contribution in [0.1, 0.15) is 16.7 Å². The number of hydrogen-bond donors (Lipinski definition) is 1. The molecule has 1 saturated heterocycles. The van der Waals surface area contributed by atoms with Gasteiger partial charge < -0.3 is 14.8 Å². The van der Waals surface area contributed by atoms with Crippen molar-refractivity contribution in [3.05, 3.63) is 58.0 Å². The molecule has 0 radical (unpaired) electrons. The van der Waals surface area contributed by atoms with Gasteiger partial charge in [-0.05, 0) is 66.6 Å². The molecule has 126 valence electrons. The number of hydrogen-bond acceptors (Lipinski definition) is 5. The maximum atomic E-state index is 12.2. The Labute approximate surface area is 149 Å². The molecule has 0 saturated carbocycles. The maximum Gasteiger partial charge on any atom is 0.264 e. The van der Waals surface area contributed by atoms with Gasteiger partial charge in [-0.3, -0.25) is 4.79 Å². The fraction of sp³-hybridized carbons (Fsp3) is 0.158. The van der Waals surface area contributed by atoms with E-state index in [9.17, 15) is 4.79 Å². The van der Waals surface area contributed by atoms with Crippen molar-refractivity contribution in [3.63, 3.8) is 0 Å². The van der Waals surface area contributed by atoms with Crippen LogP contribution in [0, 0.1) is 13.8 Å². The Morgan fingerprint density at radius 3 is 2.84 bits per heavy atom. The smallest absolute Gasteiger partial charge is 0.264 e. The maximum absolute atomic E-state index is 12.2. The highest BCUT2D eigenvalue weighted by atomic mass is 32.2. The van der Waals surface area contributed by atoms with Gasteiger partial charge in [-0.25, -0.2) is 4.99 Å². The van der Waals surface area contributed by atoms with Crippen LogP contribution in [0.15, 0.2) is 46.3 Å². The molecule has 1 fully saturated rings. The SMILES string of the molecule is Cc1ccc(C)c(N=C2NC(=O)C(=Cc3ccc4c(c3)OCO4)S2)c1. The lowest BCUT2D eigenvalue weighted by molar-refractivity contribution is -0.115. The van der Waals surface area contributed by atoms with Crippen LogP contribution in [-0.2, 0) is 4.79 Å². The molecule has 6 heteroatoms. The number of aliphatic imine (C=N–C) groups is 1. The lowest BCUT2D eigenvalue weighted by Crippen LogP contribution is -2.19. The zero-order valence-electron chi connectivity index (χ0n) is 13.8. The molecule has 0 aliphatic carbocycles. The predicted molar refractivity (Wildman–Crippen MR) is 99.3 cm³/mol. The monoisotopic (exact) mass is 352 g/mol. The summed E-state index contributed by atoms with van der Waals surface area (Å²) in [5, 5.41) is 3.41.